The molecule has 41 heavy (non-hydrogen) atoms. The van der Waals surface area contributed by atoms with Gasteiger partial charge in [-0.25, -0.2) is 4.79 Å². The first-order chi connectivity index (χ1) is 19.1. The van der Waals surface area contributed by atoms with Gasteiger partial charge in [-0.15, -0.1) is 0 Å². The number of H-pyrrole nitrogens is 1. The lowest BCUT2D eigenvalue weighted by atomic mass is 9.86. The number of rotatable bonds is 6. The van der Waals surface area contributed by atoms with Crippen LogP contribution in [-0.2, 0) is 10.2 Å². The van der Waals surface area contributed by atoms with E-state index >= 15 is 0 Å². The topological polar surface area (TPSA) is 143 Å². The molecule has 0 aliphatic heterocycles. The van der Waals surface area contributed by atoms with Crippen molar-refractivity contribution in [3.63, 3.8) is 0 Å². The second-order valence-electron chi connectivity index (χ2n) is 11.7. The number of hydrogen-bond donors (Lipinski definition) is 3. The number of carbonyl (C=O) groups excluding carboxylic acids is 3. The Bertz CT molecular complexity index is 1660. The largest absolute Gasteiger partial charge is 0.455 e. The van der Waals surface area contributed by atoms with Gasteiger partial charge in [-0.1, -0.05) is 39.0 Å². The highest BCUT2D eigenvalue weighted by molar-refractivity contribution is 6.13. The average molecular weight is 557 g/mol. The number of hydrogen-bond acceptors (Lipinski definition) is 6. The zero-order valence-electron chi connectivity index (χ0n) is 23.7. The first-order valence-electron chi connectivity index (χ1n) is 13.0. The van der Waals surface area contributed by atoms with Crippen LogP contribution >= 0.6 is 0 Å². The van der Waals surface area contributed by atoms with Crippen molar-refractivity contribution >= 4 is 45.7 Å². The fraction of sp³-hybridized carbons (Fsp3) is 0.258. The summed E-state index contributed by atoms with van der Waals surface area (Å²) in [6.07, 6.45) is 0. The molecule has 0 aliphatic rings. The number of nitrogens with one attached hydrogen (secondary N) is 3. The number of non-ortho nitro benzene ring substituents is 1. The van der Waals surface area contributed by atoms with Crippen LogP contribution in [0.1, 0.15) is 78.3 Å². The van der Waals surface area contributed by atoms with Crippen molar-refractivity contribution in [2.45, 2.75) is 52.6 Å². The summed E-state index contributed by atoms with van der Waals surface area (Å²) in [5, 5.41) is 17.6. The molecular formula is C31H32N4O6. The Hall–Kier alpha value is -4.99. The number of nitro benzene ring substituents is 1. The fourth-order valence-corrected chi connectivity index (χ4v) is 4.11. The zero-order valence-corrected chi connectivity index (χ0v) is 23.7. The zero-order chi connectivity index (χ0) is 30.1. The highest BCUT2D eigenvalue weighted by Crippen LogP contribution is 2.27. The molecule has 4 aromatic rings. The minimum absolute atomic E-state index is 0.00485. The van der Waals surface area contributed by atoms with Crippen LogP contribution in [0.3, 0.4) is 0 Å². The molecule has 4 rings (SSSR count). The Labute approximate surface area is 237 Å². The standard InChI is InChI=1S/C31H32N4O6/c1-30(2,3)20-10-7-18(8-11-20)27(36)34-25-17-22(35(39)40)13-14-23(25)28(37)32-21-12-9-19-15-26(33-24(19)16-21)29(38)41-31(4,5)6/h7-17,33H,1-6H3,(H,32,37)(H,34,36). The van der Waals surface area contributed by atoms with Crippen LogP contribution in [0.5, 0.6) is 0 Å². The Morgan fingerprint density at radius 2 is 1.51 bits per heavy atom. The second-order valence-corrected chi connectivity index (χ2v) is 11.7. The van der Waals surface area contributed by atoms with E-state index in [-0.39, 0.29) is 28.0 Å². The minimum atomic E-state index is -0.652. The van der Waals surface area contributed by atoms with E-state index in [4.69, 9.17) is 4.74 Å². The van der Waals surface area contributed by atoms with Gasteiger partial charge < -0.3 is 20.4 Å². The maximum absolute atomic E-state index is 13.3. The summed E-state index contributed by atoms with van der Waals surface area (Å²) < 4.78 is 5.41. The normalized spacial score (nSPS) is 11.7. The van der Waals surface area contributed by atoms with Gasteiger partial charge in [-0.2, -0.15) is 0 Å². The molecule has 0 saturated carbocycles. The van der Waals surface area contributed by atoms with E-state index in [0.29, 0.717) is 16.8 Å². The molecule has 0 atom stereocenters. The van der Waals surface area contributed by atoms with Crippen molar-refractivity contribution in [3.8, 4) is 0 Å². The van der Waals surface area contributed by atoms with E-state index in [0.717, 1.165) is 17.0 Å². The molecule has 0 fully saturated rings. The van der Waals surface area contributed by atoms with E-state index in [1.54, 1.807) is 57.2 Å². The number of amides is 2. The number of anilines is 2. The molecule has 0 bridgehead atoms. The van der Waals surface area contributed by atoms with E-state index in [2.05, 4.69) is 36.4 Å². The molecule has 0 saturated heterocycles. The van der Waals surface area contributed by atoms with Crippen molar-refractivity contribution in [3.05, 3.63) is 99.2 Å². The SMILES string of the molecule is CC(C)(C)OC(=O)c1cc2ccc(NC(=O)c3ccc([N+](=O)[O-])cc3NC(=O)c3ccc(C(C)(C)C)cc3)cc2[nH]1. The first-order valence-corrected chi connectivity index (χ1v) is 13.0. The van der Waals surface area contributed by atoms with Gasteiger partial charge in [0, 0.05) is 34.3 Å². The molecule has 1 aromatic heterocycles. The van der Waals surface area contributed by atoms with Crippen LogP contribution in [0.25, 0.3) is 10.9 Å². The van der Waals surface area contributed by atoms with E-state index in [9.17, 15) is 24.5 Å². The lowest BCUT2D eigenvalue weighted by molar-refractivity contribution is -0.384. The first kappa shape index (κ1) is 29.0. The number of benzene rings is 3. The number of esters is 1. The Kier molecular flexibility index (Phi) is 7.70. The Morgan fingerprint density at radius 1 is 0.829 bits per heavy atom. The molecule has 3 N–H and O–H groups in total. The van der Waals surface area contributed by atoms with E-state index in [1.165, 1.54) is 12.1 Å². The molecule has 10 heteroatoms. The van der Waals surface area contributed by atoms with Crippen molar-refractivity contribution in [2.24, 2.45) is 0 Å². The van der Waals surface area contributed by atoms with Gasteiger partial charge in [0.2, 0.25) is 0 Å². The maximum atomic E-state index is 13.3. The monoisotopic (exact) mass is 556 g/mol. The van der Waals surface area contributed by atoms with Gasteiger partial charge in [0.25, 0.3) is 17.5 Å². The van der Waals surface area contributed by atoms with Crippen LogP contribution < -0.4 is 10.6 Å². The van der Waals surface area contributed by atoms with Crippen LogP contribution in [0.4, 0.5) is 17.1 Å². The lowest BCUT2D eigenvalue weighted by Gasteiger charge is -2.19. The number of aromatic nitrogens is 1. The summed E-state index contributed by atoms with van der Waals surface area (Å²) in [4.78, 5) is 52.6. The third-order valence-corrected chi connectivity index (χ3v) is 6.22. The predicted octanol–water partition coefficient (Wildman–Crippen LogP) is 6.83. The number of carbonyl (C=O) groups is 3. The molecule has 0 aliphatic carbocycles. The number of nitrogens with zero attached hydrogens (tertiary/aromatic N) is 1. The second kappa shape index (κ2) is 10.9. The quantitative estimate of drug-likeness (QED) is 0.135. The predicted molar refractivity (Wildman–Crippen MR) is 158 cm³/mol. The summed E-state index contributed by atoms with van der Waals surface area (Å²) in [5.74, 6) is -1.60. The number of nitro groups is 1. The van der Waals surface area contributed by atoms with Gasteiger partial charge in [-0.05, 0) is 68.1 Å². The highest BCUT2D eigenvalue weighted by Gasteiger charge is 2.22. The molecule has 0 spiro atoms. The lowest BCUT2D eigenvalue weighted by Crippen LogP contribution is -2.24. The molecule has 0 radical (unpaired) electrons. The van der Waals surface area contributed by atoms with E-state index < -0.39 is 28.3 Å². The number of aromatic amines is 1. The molecule has 212 valence electrons. The number of fused-ring (bicyclic) bond motifs is 1. The fourth-order valence-electron chi connectivity index (χ4n) is 4.11. The van der Waals surface area contributed by atoms with Crippen LogP contribution in [-0.4, -0.2) is 33.3 Å². The Balaban J connectivity index is 1.58. The maximum Gasteiger partial charge on any atom is 0.355 e. The summed E-state index contributed by atoms with van der Waals surface area (Å²) in [6, 6.07) is 17.4. The van der Waals surface area contributed by atoms with Gasteiger partial charge in [0.15, 0.2) is 0 Å². The molecule has 1 heterocycles. The minimum Gasteiger partial charge on any atom is -0.455 e. The van der Waals surface area contributed by atoms with Crippen LogP contribution in [0, 0.1) is 10.1 Å². The van der Waals surface area contributed by atoms with Crippen molar-refractivity contribution in [1.29, 1.82) is 0 Å². The van der Waals surface area contributed by atoms with Crippen molar-refractivity contribution in [1.82, 2.24) is 4.98 Å². The molecule has 0 unspecified atom stereocenters. The Morgan fingerprint density at radius 3 is 2.12 bits per heavy atom. The van der Waals surface area contributed by atoms with Gasteiger partial charge in [-0.3, -0.25) is 19.7 Å². The third kappa shape index (κ3) is 6.96. The van der Waals surface area contributed by atoms with E-state index in [1.807, 2.05) is 12.1 Å². The summed E-state index contributed by atoms with van der Waals surface area (Å²) in [5.41, 5.74) is 1.67. The molecular weight excluding hydrogens is 524 g/mol. The summed E-state index contributed by atoms with van der Waals surface area (Å²) in [6.45, 7) is 11.5. The van der Waals surface area contributed by atoms with Gasteiger partial charge in [0.05, 0.1) is 16.2 Å². The van der Waals surface area contributed by atoms with Crippen molar-refractivity contribution < 1.29 is 24.0 Å². The molecule has 10 nitrogen and oxygen atoms in total. The average Bonchev–Trinajstić information content (AvgIpc) is 3.31. The van der Waals surface area contributed by atoms with Crippen LogP contribution in [0.15, 0.2) is 66.7 Å². The van der Waals surface area contributed by atoms with Crippen molar-refractivity contribution in [2.75, 3.05) is 10.6 Å². The summed E-state index contributed by atoms with van der Waals surface area (Å²) in [7, 11) is 0. The van der Waals surface area contributed by atoms with Crippen LogP contribution in [0.2, 0.25) is 0 Å². The third-order valence-electron chi connectivity index (χ3n) is 6.22. The van der Waals surface area contributed by atoms with Gasteiger partial charge in [0.1, 0.15) is 11.3 Å². The highest BCUT2D eigenvalue weighted by atomic mass is 16.6. The number of ether oxygens (including phenoxy) is 1. The molecule has 2 amide bonds. The smallest absolute Gasteiger partial charge is 0.355 e. The van der Waals surface area contributed by atoms with Gasteiger partial charge >= 0.3 is 5.97 Å². The molecule has 3 aromatic carbocycles. The summed E-state index contributed by atoms with van der Waals surface area (Å²) >= 11 is 0.